The van der Waals surface area contributed by atoms with Crippen LogP contribution in [0.4, 0.5) is 8.78 Å². The summed E-state index contributed by atoms with van der Waals surface area (Å²) in [5.74, 6) is -3.32. The lowest BCUT2D eigenvalue weighted by Gasteiger charge is -2.05. The lowest BCUT2D eigenvalue weighted by molar-refractivity contribution is 0.00813. The largest absolute Gasteiger partial charge is 0.480 e. The number of alkyl halides is 2. The fourth-order valence-electron chi connectivity index (χ4n) is 2.88. The average molecular weight is 394 g/mol. The summed E-state index contributed by atoms with van der Waals surface area (Å²) in [5.41, 5.74) is 2.26. The van der Waals surface area contributed by atoms with Gasteiger partial charge in [-0.3, -0.25) is 5.10 Å². The monoisotopic (exact) mass is 393 g/mol. The maximum absolute atomic E-state index is 13.6. The van der Waals surface area contributed by atoms with Crippen LogP contribution in [0.5, 0.6) is 5.88 Å². The van der Waals surface area contributed by atoms with E-state index in [1.165, 1.54) is 7.11 Å². The molecule has 140 valence electrons. The van der Waals surface area contributed by atoms with Gasteiger partial charge < -0.3 is 13.9 Å². The Balaban J connectivity index is 2.06. The first-order valence-corrected chi connectivity index (χ1v) is 8.21. The van der Waals surface area contributed by atoms with Gasteiger partial charge in [0.15, 0.2) is 11.6 Å². The number of pyridine rings is 1. The predicted octanol–water partition coefficient (Wildman–Crippen LogP) is 3.32. The van der Waals surface area contributed by atoms with Gasteiger partial charge in [0.1, 0.15) is 21.9 Å². The molecule has 11 heteroatoms. The van der Waals surface area contributed by atoms with Crippen LogP contribution in [0.3, 0.4) is 0 Å². The molecule has 8 nitrogen and oxygen atoms in total. The lowest BCUT2D eigenvalue weighted by atomic mass is 10.3. The quantitative estimate of drug-likeness (QED) is 0.574. The number of halogens is 3. The maximum atomic E-state index is 13.6. The number of nitrogens with zero attached hydrogens (tertiary/aromatic N) is 6. The molecule has 0 atom stereocenters. The van der Waals surface area contributed by atoms with Crippen molar-refractivity contribution in [1.82, 2.24) is 34.3 Å². The highest BCUT2D eigenvalue weighted by Gasteiger charge is 2.31. The minimum absolute atomic E-state index is 0.103. The van der Waals surface area contributed by atoms with Crippen LogP contribution in [0.1, 0.15) is 12.7 Å². The van der Waals surface area contributed by atoms with Gasteiger partial charge in [-0.1, -0.05) is 11.6 Å². The molecule has 4 heterocycles. The molecule has 0 bridgehead atoms. The molecule has 0 unspecified atom stereocenters. The summed E-state index contributed by atoms with van der Waals surface area (Å²) < 4.78 is 35.9. The van der Waals surface area contributed by atoms with Crippen molar-refractivity contribution in [1.29, 1.82) is 0 Å². The highest BCUT2D eigenvalue weighted by molar-refractivity contribution is 6.32. The molecule has 0 aromatic carbocycles. The first-order chi connectivity index (χ1) is 12.8. The number of aryl methyl sites for hydroxylation is 1. The zero-order valence-electron chi connectivity index (χ0n) is 14.5. The Hall–Kier alpha value is -3.01. The number of H-pyrrole nitrogens is 1. The van der Waals surface area contributed by atoms with Gasteiger partial charge in [0.25, 0.3) is 0 Å². The fraction of sp³-hybridized carbons (Fsp3) is 0.250. The Bertz CT molecular complexity index is 1130. The summed E-state index contributed by atoms with van der Waals surface area (Å²) in [5, 5.41) is 6.61. The predicted molar refractivity (Wildman–Crippen MR) is 94.3 cm³/mol. The zero-order valence-corrected chi connectivity index (χ0v) is 15.3. The number of aromatic nitrogens is 7. The van der Waals surface area contributed by atoms with Gasteiger partial charge >= 0.3 is 5.92 Å². The van der Waals surface area contributed by atoms with Crippen molar-refractivity contribution in [2.24, 2.45) is 7.05 Å². The Kier molecular flexibility index (Phi) is 3.88. The normalized spacial score (nSPS) is 12.1. The Morgan fingerprint density at radius 2 is 2.07 bits per heavy atom. The van der Waals surface area contributed by atoms with E-state index in [1.54, 1.807) is 41.0 Å². The molecule has 4 rings (SSSR count). The molecule has 4 aromatic rings. The molecular weight excluding hydrogens is 380 g/mol. The highest BCUT2D eigenvalue weighted by Crippen LogP contribution is 2.37. The first-order valence-electron chi connectivity index (χ1n) is 7.83. The Labute approximate surface area is 156 Å². The molecule has 0 saturated heterocycles. The van der Waals surface area contributed by atoms with Gasteiger partial charge in [0.05, 0.1) is 19.0 Å². The van der Waals surface area contributed by atoms with Gasteiger partial charge in [-0.15, -0.1) is 0 Å². The zero-order chi connectivity index (χ0) is 19.3. The van der Waals surface area contributed by atoms with Crippen molar-refractivity contribution in [2.45, 2.75) is 12.8 Å². The number of nitrogens with one attached hydrogen (secondary N) is 1. The number of ether oxygens (including phenoxy) is 1. The van der Waals surface area contributed by atoms with Crippen molar-refractivity contribution in [3.05, 3.63) is 35.6 Å². The third-order valence-electron chi connectivity index (χ3n) is 4.14. The Morgan fingerprint density at radius 1 is 1.30 bits per heavy atom. The van der Waals surface area contributed by atoms with Crippen LogP contribution < -0.4 is 4.74 Å². The summed E-state index contributed by atoms with van der Waals surface area (Å²) in [6.45, 7) is 0.752. The van der Waals surface area contributed by atoms with E-state index in [-0.39, 0.29) is 11.7 Å². The van der Waals surface area contributed by atoms with E-state index < -0.39 is 11.7 Å². The molecular formula is C16H14ClF2N7O. The van der Waals surface area contributed by atoms with Crippen LogP contribution in [0, 0.1) is 0 Å². The third kappa shape index (κ3) is 2.72. The number of rotatable bonds is 4. The standard InChI is InChI=1S/C16H14ClF2N7O/c1-16(18,19)15-22-13(23-24-15)12-11(26-5-4-20-7-26)10-9(25(12)2)6-8(17)14(21-10)27-3/h4-7H,1-3H3,(H,22,23,24). The van der Waals surface area contributed by atoms with E-state index in [2.05, 4.69) is 25.1 Å². The van der Waals surface area contributed by atoms with E-state index in [0.29, 0.717) is 27.4 Å². The molecule has 0 fully saturated rings. The second-order valence-corrected chi connectivity index (χ2v) is 6.38. The topological polar surface area (TPSA) is 86.4 Å². The molecule has 27 heavy (non-hydrogen) atoms. The van der Waals surface area contributed by atoms with Crippen molar-refractivity contribution in [3.8, 4) is 23.1 Å². The molecule has 0 spiro atoms. The molecule has 0 aliphatic heterocycles. The molecule has 0 amide bonds. The van der Waals surface area contributed by atoms with Crippen molar-refractivity contribution < 1.29 is 13.5 Å². The van der Waals surface area contributed by atoms with Crippen molar-refractivity contribution >= 4 is 22.6 Å². The highest BCUT2D eigenvalue weighted by atomic mass is 35.5. The summed E-state index contributed by atoms with van der Waals surface area (Å²) in [6, 6.07) is 1.69. The van der Waals surface area contributed by atoms with E-state index in [0.717, 1.165) is 6.92 Å². The van der Waals surface area contributed by atoms with E-state index in [9.17, 15) is 8.78 Å². The van der Waals surface area contributed by atoms with Crippen LogP contribution in [-0.2, 0) is 13.0 Å². The summed E-state index contributed by atoms with van der Waals surface area (Å²) in [6.07, 6.45) is 4.88. The molecule has 0 saturated carbocycles. The van der Waals surface area contributed by atoms with E-state index in [4.69, 9.17) is 16.3 Å². The SMILES string of the molecule is COc1nc2c(-n3ccnc3)c(-c3n[nH]c(C(C)(F)F)n3)n(C)c2cc1Cl. The number of fused-ring (bicyclic) bond motifs is 1. The number of aromatic amines is 1. The molecule has 0 aliphatic rings. The fourth-order valence-corrected chi connectivity index (χ4v) is 3.11. The number of hydrogen-bond acceptors (Lipinski definition) is 5. The molecule has 0 aliphatic carbocycles. The molecule has 4 aromatic heterocycles. The minimum atomic E-state index is -3.14. The van der Waals surface area contributed by atoms with Crippen LogP contribution in [0.2, 0.25) is 5.02 Å². The van der Waals surface area contributed by atoms with Crippen molar-refractivity contribution in [3.63, 3.8) is 0 Å². The van der Waals surface area contributed by atoms with Crippen LogP contribution in [-0.4, -0.2) is 41.4 Å². The molecule has 0 radical (unpaired) electrons. The lowest BCUT2D eigenvalue weighted by Crippen LogP contribution is -2.09. The summed E-state index contributed by atoms with van der Waals surface area (Å²) >= 11 is 6.22. The van der Waals surface area contributed by atoms with Crippen LogP contribution in [0.25, 0.3) is 28.2 Å². The maximum Gasteiger partial charge on any atom is 0.303 e. The summed E-state index contributed by atoms with van der Waals surface area (Å²) in [7, 11) is 3.22. The van der Waals surface area contributed by atoms with E-state index >= 15 is 0 Å². The van der Waals surface area contributed by atoms with Gasteiger partial charge in [-0.25, -0.2) is 15.0 Å². The number of imidazole rings is 1. The van der Waals surface area contributed by atoms with Gasteiger partial charge in [-0.2, -0.15) is 13.9 Å². The number of methoxy groups -OCH3 is 1. The first kappa shape index (κ1) is 17.4. The summed E-state index contributed by atoms with van der Waals surface area (Å²) in [4.78, 5) is 12.5. The second kappa shape index (κ2) is 6.02. The number of hydrogen-bond donors (Lipinski definition) is 1. The van der Waals surface area contributed by atoms with Crippen molar-refractivity contribution in [2.75, 3.05) is 7.11 Å². The van der Waals surface area contributed by atoms with Gasteiger partial charge in [-0.05, 0) is 6.07 Å². The van der Waals surface area contributed by atoms with Gasteiger partial charge in [0, 0.05) is 26.4 Å². The Morgan fingerprint density at radius 3 is 2.67 bits per heavy atom. The molecule has 1 N–H and O–H groups in total. The third-order valence-corrected chi connectivity index (χ3v) is 4.41. The second-order valence-electron chi connectivity index (χ2n) is 5.97. The van der Waals surface area contributed by atoms with Crippen LogP contribution in [0.15, 0.2) is 24.8 Å². The average Bonchev–Trinajstić information content (AvgIpc) is 3.33. The smallest absolute Gasteiger partial charge is 0.303 e. The van der Waals surface area contributed by atoms with Crippen LogP contribution >= 0.6 is 11.6 Å². The van der Waals surface area contributed by atoms with E-state index in [1.807, 2.05) is 0 Å². The van der Waals surface area contributed by atoms with Gasteiger partial charge in [0.2, 0.25) is 5.88 Å². The minimum Gasteiger partial charge on any atom is -0.480 e.